The van der Waals surface area contributed by atoms with Crippen molar-refractivity contribution in [3.05, 3.63) is 51.2 Å². The molecule has 3 rings (SSSR count). The molecular weight excluding hydrogens is 268 g/mol. The third-order valence-corrected chi connectivity index (χ3v) is 4.72. The predicted molar refractivity (Wildman–Crippen MR) is 83.2 cm³/mol. The zero-order chi connectivity index (χ0) is 13.9. The van der Waals surface area contributed by atoms with E-state index >= 15 is 0 Å². The molecule has 104 valence electrons. The van der Waals surface area contributed by atoms with Crippen molar-refractivity contribution in [2.45, 2.75) is 32.2 Å². The molecule has 20 heavy (non-hydrogen) atoms. The van der Waals surface area contributed by atoms with Gasteiger partial charge in [-0.25, -0.2) is 0 Å². The number of amides is 1. The van der Waals surface area contributed by atoms with Crippen molar-refractivity contribution in [1.29, 1.82) is 0 Å². The number of nitrogens with one attached hydrogen (secondary N) is 1. The van der Waals surface area contributed by atoms with E-state index in [0.29, 0.717) is 5.56 Å². The van der Waals surface area contributed by atoms with Crippen LogP contribution in [0.3, 0.4) is 0 Å². The van der Waals surface area contributed by atoms with Gasteiger partial charge in [0.1, 0.15) is 0 Å². The number of fused-ring (bicyclic) bond motifs is 1. The van der Waals surface area contributed by atoms with Crippen LogP contribution in [-0.4, -0.2) is 5.91 Å². The molecule has 1 amide bonds. The lowest BCUT2D eigenvalue weighted by Gasteiger charge is -2.19. The molecule has 0 unspecified atom stereocenters. The van der Waals surface area contributed by atoms with Gasteiger partial charge in [0.05, 0.1) is 5.56 Å². The third-order valence-electron chi connectivity index (χ3n) is 3.79. The molecule has 0 aliphatic heterocycles. The molecule has 0 saturated carbocycles. The van der Waals surface area contributed by atoms with Crippen molar-refractivity contribution >= 4 is 22.9 Å². The number of anilines is 1. The summed E-state index contributed by atoms with van der Waals surface area (Å²) in [6.45, 7) is 0.744. The highest BCUT2D eigenvalue weighted by atomic mass is 32.1. The van der Waals surface area contributed by atoms with E-state index in [9.17, 15) is 4.79 Å². The number of nitrogens with two attached hydrogens (primary N) is 1. The van der Waals surface area contributed by atoms with Crippen molar-refractivity contribution in [3.63, 3.8) is 0 Å². The minimum Gasteiger partial charge on any atom is -0.380 e. The molecule has 1 heterocycles. The lowest BCUT2D eigenvalue weighted by Crippen LogP contribution is -2.09. The van der Waals surface area contributed by atoms with Gasteiger partial charge in [0.25, 0.3) is 0 Å². The fourth-order valence-electron chi connectivity index (χ4n) is 2.73. The first-order valence-corrected chi connectivity index (χ1v) is 7.84. The van der Waals surface area contributed by atoms with E-state index in [0.717, 1.165) is 17.8 Å². The van der Waals surface area contributed by atoms with Crippen molar-refractivity contribution in [1.82, 2.24) is 0 Å². The van der Waals surface area contributed by atoms with Gasteiger partial charge in [-0.15, -0.1) is 11.3 Å². The summed E-state index contributed by atoms with van der Waals surface area (Å²) >= 11 is 1.57. The molecule has 0 spiro atoms. The molecule has 1 aliphatic carbocycles. The van der Waals surface area contributed by atoms with E-state index < -0.39 is 0 Å². The molecule has 2 aromatic rings. The van der Waals surface area contributed by atoms with E-state index in [1.165, 1.54) is 36.1 Å². The fourth-order valence-corrected chi connectivity index (χ4v) is 3.54. The van der Waals surface area contributed by atoms with Crippen molar-refractivity contribution in [3.8, 4) is 0 Å². The second-order valence-electron chi connectivity index (χ2n) is 5.17. The van der Waals surface area contributed by atoms with Crippen LogP contribution < -0.4 is 11.1 Å². The number of benzene rings is 1. The molecule has 1 aromatic heterocycles. The maximum atomic E-state index is 11.1. The summed E-state index contributed by atoms with van der Waals surface area (Å²) in [7, 11) is 0. The SMILES string of the molecule is NC(=O)c1csc(CNc2cccc3c2CCCC3)c1. The van der Waals surface area contributed by atoms with Crippen LogP contribution in [-0.2, 0) is 19.4 Å². The quantitative estimate of drug-likeness (QED) is 0.905. The Morgan fingerprint density at radius 2 is 2.15 bits per heavy atom. The summed E-state index contributed by atoms with van der Waals surface area (Å²) in [5.74, 6) is -0.357. The van der Waals surface area contributed by atoms with Gasteiger partial charge >= 0.3 is 0 Å². The van der Waals surface area contributed by atoms with Gasteiger partial charge < -0.3 is 11.1 Å². The Morgan fingerprint density at radius 3 is 2.95 bits per heavy atom. The monoisotopic (exact) mass is 286 g/mol. The predicted octanol–water partition coefficient (Wildman–Crippen LogP) is 3.34. The van der Waals surface area contributed by atoms with Gasteiger partial charge in [-0.1, -0.05) is 12.1 Å². The Bertz CT molecular complexity index is 633. The highest BCUT2D eigenvalue weighted by Gasteiger charge is 2.13. The van der Waals surface area contributed by atoms with Crippen molar-refractivity contribution in [2.75, 3.05) is 5.32 Å². The fraction of sp³-hybridized carbons (Fsp3) is 0.312. The smallest absolute Gasteiger partial charge is 0.249 e. The Morgan fingerprint density at radius 1 is 1.30 bits per heavy atom. The Balaban J connectivity index is 1.73. The second kappa shape index (κ2) is 5.67. The molecule has 0 fully saturated rings. The minimum absolute atomic E-state index is 0.357. The van der Waals surface area contributed by atoms with E-state index in [2.05, 4.69) is 23.5 Å². The summed E-state index contributed by atoms with van der Waals surface area (Å²) in [5.41, 5.74) is 10.0. The molecule has 0 radical (unpaired) electrons. The number of aryl methyl sites for hydroxylation is 1. The van der Waals surface area contributed by atoms with Crippen LogP contribution in [0, 0.1) is 0 Å². The molecule has 3 nitrogen and oxygen atoms in total. The normalized spacial score (nSPS) is 13.8. The Labute approximate surface area is 122 Å². The van der Waals surface area contributed by atoms with Crippen LogP contribution in [0.15, 0.2) is 29.6 Å². The van der Waals surface area contributed by atoms with Gasteiger partial charge in [-0.2, -0.15) is 0 Å². The van der Waals surface area contributed by atoms with E-state index in [1.54, 1.807) is 11.3 Å². The lowest BCUT2D eigenvalue weighted by molar-refractivity contribution is 0.100. The number of carbonyl (C=O) groups is 1. The first-order valence-electron chi connectivity index (χ1n) is 6.96. The number of hydrogen-bond donors (Lipinski definition) is 2. The van der Waals surface area contributed by atoms with Gasteiger partial charge in [0.2, 0.25) is 5.91 Å². The number of rotatable bonds is 4. The summed E-state index contributed by atoms with van der Waals surface area (Å²) in [4.78, 5) is 12.2. The van der Waals surface area contributed by atoms with Crippen molar-refractivity contribution < 1.29 is 4.79 Å². The maximum absolute atomic E-state index is 11.1. The van der Waals surface area contributed by atoms with Crippen LogP contribution in [0.5, 0.6) is 0 Å². The Kier molecular flexibility index (Phi) is 3.74. The van der Waals surface area contributed by atoms with E-state index in [-0.39, 0.29) is 5.91 Å². The molecular formula is C16H18N2OS. The summed E-state index contributed by atoms with van der Waals surface area (Å²) < 4.78 is 0. The average Bonchev–Trinajstić information content (AvgIpc) is 2.94. The molecule has 3 N–H and O–H groups in total. The summed E-state index contributed by atoms with van der Waals surface area (Å²) in [6, 6.07) is 8.37. The number of primary amides is 1. The second-order valence-corrected chi connectivity index (χ2v) is 6.17. The zero-order valence-corrected chi connectivity index (χ0v) is 12.1. The Hall–Kier alpha value is -1.81. The first kappa shape index (κ1) is 13.2. The number of hydrogen-bond acceptors (Lipinski definition) is 3. The zero-order valence-electron chi connectivity index (χ0n) is 11.3. The summed E-state index contributed by atoms with van der Waals surface area (Å²) in [5, 5.41) is 5.32. The van der Waals surface area contributed by atoms with Crippen LogP contribution in [0.25, 0.3) is 0 Å². The largest absolute Gasteiger partial charge is 0.380 e. The van der Waals surface area contributed by atoms with Crippen LogP contribution >= 0.6 is 11.3 Å². The van der Waals surface area contributed by atoms with Crippen molar-refractivity contribution in [2.24, 2.45) is 5.73 Å². The standard InChI is InChI=1S/C16H18N2OS/c17-16(19)12-8-13(20-10-12)9-18-15-7-3-5-11-4-1-2-6-14(11)15/h3,5,7-8,10,18H,1-2,4,6,9H2,(H2,17,19). The highest BCUT2D eigenvalue weighted by Crippen LogP contribution is 2.28. The highest BCUT2D eigenvalue weighted by molar-refractivity contribution is 7.10. The number of thiophene rings is 1. The summed E-state index contributed by atoms with van der Waals surface area (Å²) in [6.07, 6.45) is 4.92. The lowest BCUT2D eigenvalue weighted by atomic mass is 9.90. The van der Waals surface area contributed by atoms with Crippen LogP contribution in [0.1, 0.15) is 39.2 Å². The minimum atomic E-state index is -0.357. The number of carbonyl (C=O) groups excluding carboxylic acids is 1. The molecule has 0 saturated heterocycles. The van der Waals surface area contributed by atoms with Crippen LogP contribution in [0.2, 0.25) is 0 Å². The van der Waals surface area contributed by atoms with Gasteiger partial charge in [-0.05, 0) is 48.9 Å². The van der Waals surface area contributed by atoms with Gasteiger partial charge in [0, 0.05) is 22.5 Å². The topological polar surface area (TPSA) is 55.1 Å². The molecule has 4 heteroatoms. The molecule has 1 aliphatic rings. The van der Waals surface area contributed by atoms with Gasteiger partial charge in [0.15, 0.2) is 0 Å². The average molecular weight is 286 g/mol. The van der Waals surface area contributed by atoms with E-state index in [1.807, 2.05) is 11.4 Å². The molecule has 1 aromatic carbocycles. The maximum Gasteiger partial charge on any atom is 0.249 e. The molecule has 0 atom stereocenters. The molecule has 0 bridgehead atoms. The third kappa shape index (κ3) is 2.70. The van der Waals surface area contributed by atoms with E-state index in [4.69, 9.17) is 5.73 Å². The van der Waals surface area contributed by atoms with Gasteiger partial charge in [-0.3, -0.25) is 4.79 Å². The van der Waals surface area contributed by atoms with Crippen LogP contribution in [0.4, 0.5) is 5.69 Å². The first-order chi connectivity index (χ1) is 9.74.